The predicted molar refractivity (Wildman–Crippen MR) is 184 cm³/mol. The fraction of sp³-hybridized carbons (Fsp3) is 0.316. The third-order valence-corrected chi connectivity index (χ3v) is 10.4. The van der Waals surface area contributed by atoms with Crippen LogP contribution in [0, 0.1) is 11.6 Å². The van der Waals surface area contributed by atoms with Crippen molar-refractivity contribution in [1.29, 1.82) is 0 Å². The molecule has 0 radical (unpaired) electrons. The number of nitrogens with zero attached hydrogens (tertiary/aromatic N) is 2. The first-order chi connectivity index (χ1) is 23.7. The number of sulfonamides is 1. The summed E-state index contributed by atoms with van der Waals surface area (Å²) in [4.78, 5) is 29.9. The topological polar surface area (TPSA) is 96.0 Å². The molecule has 0 bridgehead atoms. The molecule has 1 aliphatic rings. The van der Waals surface area contributed by atoms with Gasteiger partial charge in [0.2, 0.25) is 11.8 Å². The normalized spacial score (nSPS) is 14.1. The molecule has 0 heterocycles. The first-order valence-corrected chi connectivity index (χ1v) is 18.0. The molecule has 0 aromatic heterocycles. The van der Waals surface area contributed by atoms with E-state index in [4.69, 9.17) is 4.74 Å². The highest BCUT2D eigenvalue weighted by Crippen LogP contribution is 2.27. The molecule has 1 saturated carbocycles. The minimum atomic E-state index is -4.40. The van der Waals surface area contributed by atoms with Gasteiger partial charge in [0.15, 0.2) is 0 Å². The van der Waals surface area contributed by atoms with Crippen LogP contribution in [-0.4, -0.2) is 50.4 Å². The van der Waals surface area contributed by atoms with E-state index in [1.54, 1.807) is 13.0 Å². The molecule has 0 aliphatic heterocycles. The van der Waals surface area contributed by atoms with Crippen molar-refractivity contribution in [2.75, 3.05) is 17.5 Å². The van der Waals surface area contributed by atoms with Gasteiger partial charge in [0.05, 0.1) is 17.2 Å². The molecule has 1 fully saturated rings. The zero-order chi connectivity index (χ0) is 34.8. The molecule has 1 N–H and O–H groups in total. The Bertz CT molecular complexity index is 1800. The Morgan fingerprint density at radius 2 is 1.51 bits per heavy atom. The van der Waals surface area contributed by atoms with Gasteiger partial charge >= 0.3 is 0 Å². The van der Waals surface area contributed by atoms with Crippen LogP contribution in [0.4, 0.5) is 14.5 Å². The van der Waals surface area contributed by atoms with Crippen LogP contribution in [0.1, 0.15) is 50.2 Å². The molecule has 11 heteroatoms. The maximum absolute atomic E-state index is 15.2. The lowest BCUT2D eigenvalue weighted by molar-refractivity contribution is -0.140. The highest BCUT2D eigenvalue weighted by Gasteiger charge is 2.36. The maximum Gasteiger partial charge on any atom is 0.264 e. The van der Waals surface area contributed by atoms with Crippen molar-refractivity contribution in [3.05, 3.63) is 126 Å². The van der Waals surface area contributed by atoms with Crippen molar-refractivity contribution in [1.82, 2.24) is 10.2 Å². The van der Waals surface area contributed by atoms with E-state index in [0.29, 0.717) is 12.4 Å². The van der Waals surface area contributed by atoms with Gasteiger partial charge in [-0.1, -0.05) is 67.8 Å². The van der Waals surface area contributed by atoms with Crippen LogP contribution in [0.2, 0.25) is 0 Å². The van der Waals surface area contributed by atoms with Gasteiger partial charge in [0.25, 0.3) is 10.0 Å². The number of nitrogens with one attached hydrogen (secondary N) is 1. The number of rotatable bonds is 14. The Morgan fingerprint density at radius 3 is 2.16 bits per heavy atom. The SMILES string of the molecule is CCOc1ccc(S(=O)(=O)N(CC(=O)N(Cc2ccccc2F)C(Cc2ccccc2)C(=O)NC2CCCCC2)c2ccc(F)cc2)cc1. The maximum atomic E-state index is 15.2. The smallest absolute Gasteiger partial charge is 0.264 e. The van der Waals surface area contributed by atoms with Gasteiger partial charge in [0, 0.05) is 24.6 Å². The first-order valence-electron chi connectivity index (χ1n) is 16.5. The number of halogens is 2. The van der Waals surface area contributed by atoms with Crippen LogP contribution in [-0.2, 0) is 32.6 Å². The van der Waals surface area contributed by atoms with Crippen LogP contribution < -0.4 is 14.4 Å². The Balaban J connectivity index is 1.56. The Kier molecular flexibility index (Phi) is 12.0. The molecule has 8 nitrogen and oxygen atoms in total. The van der Waals surface area contributed by atoms with Gasteiger partial charge in [-0.2, -0.15) is 0 Å². The number of hydrogen-bond acceptors (Lipinski definition) is 5. The Morgan fingerprint density at radius 1 is 0.857 bits per heavy atom. The highest BCUT2D eigenvalue weighted by atomic mass is 32.2. The van der Waals surface area contributed by atoms with Crippen molar-refractivity contribution in [2.45, 2.75) is 69.0 Å². The molecular formula is C38H41F2N3O5S. The molecule has 2 amide bonds. The van der Waals surface area contributed by atoms with Crippen molar-refractivity contribution < 1.29 is 31.5 Å². The molecule has 1 aliphatic carbocycles. The van der Waals surface area contributed by atoms with Crippen LogP contribution >= 0.6 is 0 Å². The quantitative estimate of drug-likeness (QED) is 0.160. The molecule has 4 aromatic rings. The monoisotopic (exact) mass is 689 g/mol. The molecule has 0 saturated heterocycles. The van der Waals surface area contributed by atoms with Gasteiger partial charge < -0.3 is 15.0 Å². The molecule has 1 unspecified atom stereocenters. The average molecular weight is 690 g/mol. The fourth-order valence-electron chi connectivity index (χ4n) is 6.05. The summed E-state index contributed by atoms with van der Waals surface area (Å²) in [6.07, 6.45) is 4.76. The van der Waals surface area contributed by atoms with Gasteiger partial charge in [-0.05, 0) is 79.9 Å². The van der Waals surface area contributed by atoms with Crippen LogP contribution in [0.3, 0.4) is 0 Å². The summed E-state index contributed by atoms with van der Waals surface area (Å²) in [7, 11) is -4.40. The van der Waals surface area contributed by atoms with Crippen molar-refractivity contribution in [3.63, 3.8) is 0 Å². The molecule has 4 aromatic carbocycles. The number of hydrogen-bond donors (Lipinski definition) is 1. The predicted octanol–water partition coefficient (Wildman–Crippen LogP) is 6.65. The van der Waals surface area contributed by atoms with E-state index < -0.39 is 46.1 Å². The summed E-state index contributed by atoms with van der Waals surface area (Å²) in [6, 6.07) is 24.5. The van der Waals surface area contributed by atoms with Crippen LogP contribution in [0.5, 0.6) is 5.75 Å². The molecule has 0 spiro atoms. The molecular weight excluding hydrogens is 648 g/mol. The number of ether oxygens (including phenoxy) is 1. The fourth-order valence-corrected chi connectivity index (χ4v) is 7.46. The van der Waals surface area contributed by atoms with Gasteiger partial charge in [-0.15, -0.1) is 0 Å². The summed E-state index contributed by atoms with van der Waals surface area (Å²) in [6.45, 7) is 1.16. The summed E-state index contributed by atoms with van der Waals surface area (Å²) in [5.41, 5.74) is 0.984. The van der Waals surface area contributed by atoms with Gasteiger partial charge in [-0.25, -0.2) is 17.2 Å². The first kappa shape index (κ1) is 35.5. The van der Waals surface area contributed by atoms with Gasteiger partial charge in [-0.3, -0.25) is 13.9 Å². The second kappa shape index (κ2) is 16.6. The van der Waals surface area contributed by atoms with Crippen LogP contribution in [0.15, 0.2) is 108 Å². The Hall–Kier alpha value is -4.77. The number of benzene rings is 4. The lowest BCUT2D eigenvalue weighted by Crippen LogP contribution is -2.55. The molecule has 49 heavy (non-hydrogen) atoms. The summed E-state index contributed by atoms with van der Waals surface area (Å²) in [5.74, 6) is -1.82. The summed E-state index contributed by atoms with van der Waals surface area (Å²) < 4.78 is 63.9. The number of amides is 2. The van der Waals surface area contributed by atoms with Crippen molar-refractivity contribution >= 4 is 27.5 Å². The number of anilines is 1. The van der Waals surface area contributed by atoms with E-state index in [0.717, 1.165) is 54.1 Å². The van der Waals surface area contributed by atoms with E-state index >= 15 is 4.39 Å². The van der Waals surface area contributed by atoms with E-state index in [2.05, 4.69) is 5.32 Å². The van der Waals surface area contributed by atoms with Crippen LogP contribution in [0.25, 0.3) is 0 Å². The summed E-state index contributed by atoms with van der Waals surface area (Å²) in [5, 5.41) is 3.13. The van der Waals surface area contributed by atoms with E-state index in [-0.39, 0.29) is 35.2 Å². The molecule has 258 valence electrons. The lowest BCUT2D eigenvalue weighted by atomic mass is 9.94. The second-order valence-corrected chi connectivity index (χ2v) is 13.9. The third-order valence-electron chi connectivity index (χ3n) is 8.64. The minimum Gasteiger partial charge on any atom is -0.494 e. The third kappa shape index (κ3) is 9.23. The van der Waals surface area contributed by atoms with Crippen molar-refractivity contribution in [2.24, 2.45) is 0 Å². The lowest BCUT2D eigenvalue weighted by Gasteiger charge is -2.35. The largest absolute Gasteiger partial charge is 0.494 e. The van der Waals surface area contributed by atoms with Gasteiger partial charge in [0.1, 0.15) is 30.0 Å². The summed E-state index contributed by atoms with van der Waals surface area (Å²) >= 11 is 0. The minimum absolute atomic E-state index is 0.0424. The zero-order valence-corrected chi connectivity index (χ0v) is 28.2. The highest BCUT2D eigenvalue weighted by molar-refractivity contribution is 7.92. The number of carbonyl (C=O) groups is 2. The second-order valence-electron chi connectivity index (χ2n) is 12.1. The van der Waals surface area contributed by atoms with E-state index in [9.17, 15) is 22.4 Å². The van der Waals surface area contributed by atoms with E-state index in [1.165, 1.54) is 59.5 Å². The zero-order valence-electron chi connectivity index (χ0n) is 27.4. The Labute approximate surface area is 286 Å². The molecule has 5 rings (SSSR count). The van der Waals surface area contributed by atoms with Crippen molar-refractivity contribution in [3.8, 4) is 5.75 Å². The van der Waals surface area contributed by atoms with E-state index in [1.807, 2.05) is 30.3 Å². The average Bonchev–Trinajstić information content (AvgIpc) is 3.11. The number of carbonyl (C=O) groups excluding carboxylic acids is 2. The standard InChI is InChI=1S/C38H41F2N3O5S/c1-2-48-33-21-23-34(24-22-33)49(46,47)43(32-19-17-30(39)18-20-32)27-37(44)42(26-29-13-9-10-16-35(29)40)36(25-28-11-5-3-6-12-28)38(45)41-31-14-7-4-8-15-31/h3,5-6,9-13,16-24,31,36H,2,4,7-8,14-15,25-27H2,1H3,(H,41,45). The molecule has 1 atom stereocenters.